The van der Waals surface area contributed by atoms with Crippen molar-refractivity contribution in [2.45, 2.75) is 13.5 Å². The molecular formula is C14H15ClN4O4S2. The molecule has 1 heterocycles. The fourth-order valence-electron chi connectivity index (χ4n) is 1.84. The summed E-state index contributed by atoms with van der Waals surface area (Å²) in [6.07, 6.45) is 3.11. The molecule has 1 aromatic carbocycles. The highest BCUT2D eigenvalue weighted by Crippen LogP contribution is 2.23. The minimum atomic E-state index is -3.68. The average molecular weight is 403 g/mol. The number of esters is 1. The van der Waals surface area contributed by atoms with E-state index in [9.17, 15) is 13.2 Å². The van der Waals surface area contributed by atoms with Crippen LogP contribution in [0.2, 0.25) is 5.02 Å². The van der Waals surface area contributed by atoms with Crippen molar-refractivity contribution >= 4 is 50.1 Å². The lowest BCUT2D eigenvalue weighted by atomic mass is 10.1. The number of nitrogens with two attached hydrogens (primary N) is 1. The van der Waals surface area contributed by atoms with Gasteiger partial charge in [0.05, 0.1) is 5.75 Å². The molecule has 0 aliphatic rings. The Labute approximate surface area is 153 Å². The highest BCUT2D eigenvalue weighted by molar-refractivity contribution is 7.93. The number of hydrogen-bond donors (Lipinski definition) is 2. The van der Waals surface area contributed by atoms with Gasteiger partial charge in [-0.05, 0) is 28.5 Å². The number of nitrogens with one attached hydrogen (secondary N) is 1. The maximum absolute atomic E-state index is 12.1. The Morgan fingerprint density at radius 2 is 2.20 bits per heavy atom. The van der Waals surface area contributed by atoms with Gasteiger partial charge in [-0.15, -0.1) is 5.10 Å². The fraction of sp³-hybridized carbons (Fsp3) is 0.214. The molecule has 2 rings (SSSR count). The van der Waals surface area contributed by atoms with Crippen molar-refractivity contribution in [3.63, 3.8) is 0 Å². The number of carbonyl (C=O) groups excluding carboxylic acids is 1. The van der Waals surface area contributed by atoms with Gasteiger partial charge in [0.25, 0.3) is 0 Å². The Morgan fingerprint density at radius 1 is 1.44 bits per heavy atom. The van der Waals surface area contributed by atoms with E-state index < -0.39 is 16.0 Å². The third-order valence-corrected chi connectivity index (χ3v) is 5.19. The Morgan fingerprint density at radius 3 is 2.88 bits per heavy atom. The second-order valence-corrected chi connectivity index (χ2v) is 7.88. The molecule has 0 aliphatic heterocycles. The van der Waals surface area contributed by atoms with Crippen LogP contribution >= 0.6 is 22.9 Å². The smallest absolute Gasteiger partial charge is 0.309 e. The predicted molar refractivity (Wildman–Crippen MR) is 97.0 cm³/mol. The number of anilines is 1. The third-order valence-electron chi connectivity index (χ3n) is 2.85. The molecule has 0 amide bonds. The van der Waals surface area contributed by atoms with Gasteiger partial charge in [-0.1, -0.05) is 41.0 Å². The van der Waals surface area contributed by atoms with Crippen LogP contribution in [0.5, 0.6) is 5.19 Å². The van der Waals surface area contributed by atoms with Crippen molar-refractivity contribution < 1.29 is 17.9 Å². The molecule has 0 bridgehead atoms. The predicted octanol–water partition coefficient (Wildman–Crippen LogP) is 2.03. The lowest BCUT2D eigenvalue weighted by molar-refractivity contribution is -0.131. The summed E-state index contributed by atoms with van der Waals surface area (Å²) in [7, 11) is -3.68. The van der Waals surface area contributed by atoms with Gasteiger partial charge in [0.1, 0.15) is 0 Å². The molecule has 0 aliphatic carbocycles. The first kappa shape index (κ1) is 19.3. The first-order valence-corrected chi connectivity index (χ1v) is 9.82. The summed E-state index contributed by atoms with van der Waals surface area (Å²) in [5.74, 6) is -0.850. The van der Waals surface area contributed by atoms with Crippen LogP contribution < -0.4 is 15.2 Å². The summed E-state index contributed by atoms with van der Waals surface area (Å²) in [6, 6.07) is 5.27. The van der Waals surface area contributed by atoms with Gasteiger partial charge < -0.3 is 10.5 Å². The minimum absolute atomic E-state index is 0.00931. The highest BCUT2D eigenvalue weighted by Gasteiger charge is 2.14. The Balaban J connectivity index is 2.03. The average Bonchev–Trinajstić information content (AvgIpc) is 2.92. The molecule has 0 saturated carbocycles. The molecule has 25 heavy (non-hydrogen) atoms. The number of sulfonamides is 1. The molecule has 11 heteroatoms. The summed E-state index contributed by atoms with van der Waals surface area (Å²) in [5.41, 5.74) is 7.13. The fourth-order valence-corrected chi connectivity index (χ4v) is 3.87. The van der Waals surface area contributed by atoms with E-state index in [1.807, 2.05) is 0 Å². The molecule has 0 unspecified atom stereocenters. The minimum Gasteiger partial charge on any atom is -0.397 e. The number of rotatable bonds is 7. The molecule has 134 valence electrons. The van der Waals surface area contributed by atoms with Crippen molar-refractivity contribution in [1.82, 2.24) is 10.2 Å². The first-order chi connectivity index (χ1) is 11.8. The van der Waals surface area contributed by atoms with Crippen LogP contribution in [0.15, 0.2) is 24.3 Å². The first-order valence-electron chi connectivity index (χ1n) is 6.97. The van der Waals surface area contributed by atoms with E-state index in [0.717, 1.165) is 22.5 Å². The van der Waals surface area contributed by atoms with Gasteiger partial charge in [0, 0.05) is 18.5 Å². The van der Waals surface area contributed by atoms with E-state index in [-0.39, 0.29) is 22.6 Å². The normalized spacial score (nSPS) is 11.6. The second-order valence-electron chi connectivity index (χ2n) is 4.76. The summed E-state index contributed by atoms with van der Waals surface area (Å²) >= 11 is 6.86. The molecule has 0 fully saturated rings. The van der Waals surface area contributed by atoms with Crippen molar-refractivity contribution in [3.05, 3.63) is 40.4 Å². The van der Waals surface area contributed by atoms with Crippen LogP contribution in [-0.4, -0.2) is 30.3 Å². The van der Waals surface area contributed by atoms with Crippen LogP contribution in [-0.2, 0) is 21.4 Å². The molecule has 1 aromatic heterocycles. The van der Waals surface area contributed by atoms with Gasteiger partial charge in [0.15, 0.2) is 0 Å². The summed E-state index contributed by atoms with van der Waals surface area (Å²) in [6.45, 7) is 1.45. The number of carbonyl (C=O) groups is 1. The van der Waals surface area contributed by atoms with Gasteiger partial charge in [0.2, 0.25) is 15.2 Å². The van der Waals surface area contributed by atoms with E-state index in [1.54, 1.807) is 24.3 Å². The molecule has 3 N–H and O–H groups in total. The molecule has 0 spiro atoms. The summed E-state index contributed by atoms with van der Waals surface area (Å²) < 4.78 is 31.1. The highest BCUT2D eigenvalue weighted by atomic mass is 35.5. The molecule has 0 atom stereocenters. The molecule has 0 saturated heterocycles. The maximum atomic E-state index is 12.1. The topological polar surface area (TPSA) is 124 Å². The van der Waals surface area contributed by atoms with Crippen LogP contribution in [0.3, 0.4) is 0 Å². The zero-order chi connectivity index (χ0) is 18.4. The second kappa shape index (κ2) is 8.39. The largest absolute Gasteiger partial charge is 0.397 e. The van der Waals surface area contributed by atoms with Crippen molar-refractivity contribution in [2.75, 3.05) is 10.5 Å². The van der Waals surface area contributed by atoms with Gasteiger partial charge >= 0.3 is 11.2 Å². The molecule has 8 nitrogen and oxygen atoms in total. The lowest BCUT2D eigenvalue weighted by Gasteiger charge is -2.05. The van der Waals surface area contributed by atoms with Gasteiger partial charge in [-0.3, -0.25) is 9.52 Å². The number of benzene rings is 1. The Kier molecular flexibility index (Phi) is 6.48. The zero-order valence-corrected chi connectivity index (χ0v) is 15.5. The number of nitrogens with zero attached hydrogens (tertiary/aromatic N) is 2. The van der Waals surface area contributed by atoms with Crippen LogP contribution in [0.1, 0.15) is 18.1 Å². The standard InChI is InChI=1S/C14H15ClN4O4S2/c1-9(20)23-14-18-17-13(24-14)19-25(21,22)7-3-5-10-4-2-6-12(15)11(10)8-16/h2-6H,7-8,16H2,1H3,(H,17,19). The van der Waals surface area contributed by atoms with E-state index >= 15 is 0 Å². The van der Waals surface area contributed by atoms with Gasteiger partial charge in [-0.2, -0.15) is 0 Å². The number of hydrogen-bond acceptors (Lipinski definition) is 8. The van der Waals surface area contributed by atoms with Crippen LogP contribution in [0.25, 0.3) is 6.08 Å². The third kappa shape index (κ3) is 5.78. The number of halogens is 1. The number of aromatic nitrogens is 2. The summed E-state index contributed by atoms with van der Waals surface area (Å²) in [5, 5.41) is 7.66. The van der Waals surface area contributed by atoms with E-state index in [0.29, 0.717) is 5.02 Å². The van der Waals surface area contributed by atoms with Crippen LogP contribution in [0, 0.1) is 0 Å². The monoisotopic (exact) mass is 402 g/mol. The van der Waals surface area contributed by atoms with E-state index in [1.165, 1.54) is 13.0 Å². The van der Waals surface area contributed by atoms with Crippen molar-refractivity contribution in [2.24, 2.45) is 5.73 Å². The summed E-state index contributed by atoms with van der Waals surface area (Å²) in [4.78, 5) is 10.8. The quantitative estimate of drug-likeness (QED) is 0.679. The lowest BCUT2D eigenvalue weighted by Crippen LogP contribution is -2.15. The Hall–Kier alpha value is -2.01. The Bertz CT molecular complexity index is 896. The molecule has 2 aromatic rings. The maximum Gasteiger partial charge on any atom is 0.309 e. The molecule has 0 radical (unpaired) electrons. The van der Waals surface area contributed by atoms with Crippen molar-refractivity contribution in [1.29, 1.82) is 0 Å². The molecular weight excluding hydrogens is 388 g/mol. The van der Waals surface area contributed by atoms with Crippen LogP contribution in [0.4, 0.5) is 5.13 Å². The van der Waals surface area contributed by atoms with E-state index in [2.05, 4.69) is 14.9 Å². The van der Waals surface area contributed by atoms with Gasteiger partial charge in [-0.25, -0.2) is 8.42 Å². The zero-order valence-electron chi connectivity index (χ0n) is 13.1. The van der Waals surface area contributed by atoms with Crippen molar-refractivity contribution in [3.8, 4) is 5.19 Å². The van der Waals surface area contributed by atoms with E-state index in [4.69, 9.17) is 22.1 Å². The SMILES string of the molecule is CC(=O)Oc1nnc(NS(=O)(=O)CC=Cc2cccc(Cl)c2CN)s1. The number of ether oxygens (including phenoxy) is 1.